The van der Waals surface area contributed by atoms with Crippen molar-refractivity contribution in [2.45, 2.75) is 26.2 Å². The molecule has 0 spiro atoms. The summed E-state index contributed by atoms with van der Waals surface area (Å²) < 4.78 is 5.08. The molecule has 118 valence electrons. The Morgan fingerprint density at radius 2 is 2.22 bits per heavy atom. The van der Waals surface area contributed by atoms with Gasteiger partial charge in [0.05, 0.1) is 13.0 Å². The van der Waals surface area contributed by atoms with Crippen LogP contribution in [0.2, 0.25) is 0 Å². The molecule has 1 atom stereocenters. The molecule has 1 heterocycles. The van der Waals surface area contributed by atoms with E-state index in [1.165, 1.54) is 16.3 Å². The average molecular weight is 307 g/mol. The Morgan fingerprint density at radius 3 is 2.96 bits per heavy atom. The van der Waals surface area contributed by atoms with Crippen molar-refractivity contribution in [2.75, 3.05) is 11.9 Å². The van der Waals surface area contributed by atoms with Crippen molar-refractivity contribution < 1.29 is 9.53 Å². The van der Waals surface area contributed by atoms with Gasteiger partial charge in [-0.1, -0.05) is 30.3 Å². The van der Waals surface area contributed by atoms with E-state index in [1.807, 2.05) is 19.1 Å². The van der Waals surface area contributed by atoms with Crippen LogP contribution in [0.1, 0.15) is 37.3 Å². The quantitative estimate of drug-likeness (QED) is 0.634. The molecule has 2 aromatic rings. The normalized spacial score (nSPS) is 13.9. The van der Waals surface area contributed by atoms with Gasteiger partial charge in [-0.15, -0.1) is 6.58 Å². The van der Waals surface area contributed by atoms with Crippen molar-refractivity contribution in [3.05, 3.63) is 59.8 Å². The summed E-state index contributed by atoms with van der Waals surface area (Å²) in [7, 11) is 0. The second-order valence-corrected chi connectivity index (χ2v) is 5.82. The molecule has 0 radical (unpaired) electrons. The molecule has 0 amide bonds. The largest absolute Gasteiger partial charge is 0.466 e. The lowest BCUT2D eigenvalue weighted by atomic mass is 9.89. The van der Waals surface area contributed by atoms with Crippen LogP contribution in [0.4, 0.5) is 5.69 Å². The first kappa shape index (κ1) is 15.3. The number of rotatable bonds is 5. The highest BCUT2D eigenvalue weighted by Gasteiger charge is 2.18. The molecule has 3 rings (SSSR count). The number of carbonyl (C=O) groups is 1. The van der Waals surface area contributed by atoms with E-state index in [2.05, 4.69) is 49.2 Å². The molecule has 0 bridgehead atoms. The van der Waals surface area contributed by atoms with Crippen molar-refractivity contribution in [1.29, 1.82) is 0 Å². The van der Waals surface area contributed by atoms with Gasteiger partial charge >= 0.3 is 5.97 Å². The highest BCUT2D eigenvalue weighted by molar-refractivity contribution is 6.03. The van der Waals surface area contributed by atoms with Crippen LogP contribution >= 0.6 is 0 Å². The van der Waals surface area contributed by atoms with Gasteiger partial charge in [-0.2, -0.15) is 0 Å². The van der Waals surface area contributed by atoms with Gasteiger partial charge in [0.1, 0.15) is 0 Å². The number of allylic oxidation sites excluding steroid dienone is 2. The Labute approximate surface area is 136 Å². The van der Waals surface area contributed by atoms with E-state index < -0.39 is 0 Å². The molecule has 3 heteroatoms. The zero-order chi connectivity index (χ0) is 16.4. The van der Waals surface area contributed by atoms with Crippen molar-refractivity contribution in [2.24, 2.45) is 0 Å². The number of ether oxygens (including phenoxy) is 1. The summed E-state index contributed by atoms with van der Waals surface area (Å²) in [5, 5.41) is 5.79. The number of benzene rings is 2. The van der Waals surface area contributed by atoms with E-state index in [1.54, 1.807) is 0 Å². The molecule has 0 aromatic heterocycles. The lowest BCUT2D eigenvalue weighted by Gasteiger charge is -2.21. The minimum atomic E-state index is -0.187. The molecule has 1 unspecified atom stereocenters. The Bertz CT molecular complexity index is 805. The molecule has 0 aliphatic carbocycles. The smallest absolute Gasteiger partial charge is 0.306 e. The summed E-state index contributed by atoms with van der Waals surface area (Å²) in [6.45, 7) is 8.18. The maximum absolute atomic E-state index is 11.8. The first-order valence-electron chi connectivity index (χ1n) is 7.92. The Morgan fingerprint density at radius 1 is 1.39 bits per heavy atom. The fourth-order valence-electron chi connectivity index (χ4n) is 3.14. The fourth-order valence-corrected chi connectivity index (χ4v) is 3.14. The van der Waals surface area contributed by atoms with Gasteiger partial charge in [0.15, 0.2) is 0 Å². The summed E-state index contributed by atoms with van der Waals surface area (Å²) in [5.74, 6) is -0.227. The third kappa shape index (κ3) is 3.00. The van der Waals surface area contributed by atoms with Gasteiger partial charge in [0.2, 0.25) is 0 Å². The molecular weight excluding hydrogens is 286 g/mol. The van der Waals surface area contributed by atoms with Gasteiger partial charge in [0.25, 0.3) is 0 Å². The maximum atomic E-state index is 11.8. The molecule has 0 saturated heterocycles. The molecule has 23 heavy (non-hydrogen) atoms. The highest BCUT2D eigenvalue weighted by Crippen LogP contribution is 2.36. The molecular formula is C20H21NO2. The van der Waals surface area contributed by atoms with Crippen molar-refractivity contribution in [3.63, 3.8) is 0 Å². The first-order chi connectivity index (χ1) is 11.1. The van der Waals surface area contributed by atoms with Crippen molar-refractivity contribution >= 4 is 28.5 Å². The van der Waals surface area contributed by atoms with E-state index >= 15 is 0 Å². The van der Waals surface area contributed by atoms with Gasteiger partial charge in [-0.05, 0) is 42.5 Å². The monoisotopic (exact) mass is 307 g/mol. The first-order valence-corrected chi connectivity index (χ1v) is 7.92. The molecule has 2 aromatic carbocycles. The van der Waals surface area contributed by atoms with E-state index in [-0.39, 0.29) is 11.9 Å². The van der Waals surface area contributed by atoms with Gasteiger partial charge < -0.3 is 10.1 Å². The maximum Gasteiger partial charge on any atom is 0.306 e. The Kier molecular flexibility index (Phi) is 4.20. The summed E-state index contributed by atoms with van der Waals surface area (Å²) in [6, 6.07) is 10.5. The van der Waals surface area contributed by atoms with Crippen LogP contribution in [0, 0.1) is 0 Å². The predicted octanol–water partition coefficient (Wildman–Crippen LogP) is 4.85. The van der Waals surface area contributed by atoms with Gasteiger partial charge in [-0.25, -0.2) is 0 Å². The van der Waals surface area contributed by atoms with Crippen LogP contribution < -0.4 is 5.32 Å². The third-order valence-corrected chi connectivity index (χ3v) is 4.14. The van der Waals surface area contributed by atoms with Crippen LogP contribution in [0.15, 0.2) is 48.7 Å². The van der Waals surface area contributed by atoms with Crippen molar-refractivity contribution in [3.8, 4) is 0 Å². The molecule has 0 saturated carbocycles. The Hall–Kier alpha value is -2.55. The number of esters is 1. The van der Waals surface area contributed by atoms with E-state index in [0.29, 0.717) is 13.0 Å². The highest BCUT2D eigenvalue weighted by atomic mass is 16.5. The summed E-state index contributed by atoms with van der Waals surface area (Å²) >= 11 is 0. The predicted molar refractivity (Wildman–Crippen MR) is 95.4 cm³/mol. The topological polar surface area (TPSA) is 38.3 Å². The second kappa shape index (κ2) is 6.29. The number of nitrogens with one attached hydrogen (secondary N) is 1. The number of hydrogen-bond acceptors (Lipinski definition) is 3. The van der Waals surface area contributed by atoms with Crippen LogP contribution in [0.25, 0.3) is 16.8 Å². The minimum absolute atomic E-state index is 0.0399. The average Bonchev–Trinajstić information content (AvgIpc) is 2.52. The van der Waals surface area contributed by atoms with Gasteiger partial charge in [-0.3, -0.25) is 4.79 Å². The van der Waals surface area contributed by atoms with Crippen LogP contribution in [-0.2, 0) is 9.53 Å². The molecule has 1 aliphatic rings. The lowest BCUT2D eigenvalue weighted by Crippen LogP contribution is -2.10. The van der Waals surface area contributed by atoms with Crippen LogP contribution in [0.3, 0.4) is 0 Å². The van der Waals surface area contributed by atoms with E-state index in [4.69, 9.17) is 4.74 Å². The SMILES string of the molecule is C=CC(CC(=O)OCC)c1cc2c3c(cccc3c1)NC(C)=C2. The van der Waals surface area contributed by atoms with E-state index in [9.17, 15) is 4.79 Å². The number of carbonyl (C=O) groups excluding carboxylic acids is 1. The summed E-state index contributed by atoms with van der Waals surface area (Å²) in [5.41, 5.74) is 4.52. The minimum Gasteiger partial charge on any atom is -0.466 e. The Balaban J connectivity index is 2.05. The zero-order valence-corrected chi connectivity index (χ0v) is 13.6. The zero-order valence-electron chi connectivity index (χ0n) is 13.6. The third-order valence-electron chi connectivity index (χ3n) is 4.14. The summed E-state index contributed by atoms with van der Waals surface area (Å²) in [6.07, 6.45) is 4.29. The fraction of sp³-hybridized carbons (Fsp3) is 0.250. The van der Waals surface area contributed by atoms with Gasteiger partial charge in [0, 0.05) is 22.7 Å². The van der Waals surface area contributed by atoms with Crippen LogP contribution in [-0.4, -0.2) is 12.6 Å². The summed E-state index contributed by atoms with van der Waals surface area (Å²) in [4.78, 5) is 11.8. The molecule has 0 fully saturated rings. The molecule has 1 N–H and O–H groups in total. The van der Waals surface area contributed by atoms with Crippen molar-refractivity contribution in [1.82, 2.24) is 0 Å². The van der Waals surface area contributed by atoms with Crippen LogP contribution in [0.5, 0.6) is 0 Å². The van der Waals surface area contributed by atoms with E-state index in [0.717, 1.165) is 16.9 Å². The standard InChI is InChI=1S/C20H21NO2/c1-4-14(12-19(22)23-5-2)16-10-15-7-6-8-18-20(15)17(11-16)9-13(3)21-18/h4,6-11,14,21H,1,5,12H2,2-3H3. The number of hydrogen-bond donors (Lipinski definition) is 1. The molecule has 3 nitrogen and oxygen atoms in total. The lowest BCUT2D eigenvalue weighted by molar-refractivity contribution is -0.143. The number of anilines is 1. The molecule has 1 aliphatic heterocycles. The second-order valence-electron chi connectivity index (χ2n) is 5.82.